The number of anilines is 1. The van der Waals surface area contributed by atoms with Crippen LogP contribution in [0, 0.1) is 5.92 Å². The average Bonchev–Trinajstić information content (AvgIpc) is 3.02. The van der Waals surface area contributed by atoms with Gasteiger partial charge in [-0.05, 0) is 17.7 Å². The van der Waals surface area contributed by atoms with Crippen molar-refractivity contribution in [2.24, 2.45) is 5.92 Å². The number of aliphatic hydroxyl groups is 1. The molecule has 2 amide bonds. The fourth-order valence-corrected chi connectivity index (χ4v) is 2.88. The van der Waals surface area contributed by atoms with Gasteiger partial charge < -0.3 is 15.3 Å². The van der Waals surface area contributed by atoms with Crippen molar-refractivity contribution in [2.75, 3.05) is 18.0 Å². The molecular weight excluding hydrogens is 304 g/mol. The van der Waals surface area contributed by atoms with Gasteiger partial charge in [0.25, 0.3) is 0 Å². The maximum Gasteiger partial charge on any atom is 0.227 e. The quantitative estimate of drug-likeness (QED) is 0.882. The second kappa shape index (κ2) is 7.27. The molecule has 24 heavy (non-hydrogen) atoms. The lowest BCUT2D eigenvalue weighted by Crippen LogP contribution is -2.35. The van der Waals surface area contributed by atoms with Crippen LogP contribution in [0.5, 0.6) is 0 Å². The number of nitrogens with one attached hydrogen (secondary N) is 1. The number of nitrogens with zero attached hydrogens (tertiary/aromatic N) is 1. The third-order valence-electron chi connectivity index (χ3n) is 4.22. The van der Waals surface area contributed by atoms with Crippen LogP contribution in [-0.2, 0) is 9.59 Å². The molecule has 1 aliphatic heterocycles. The van der Waals surface area contributed by atoms with Crippen LogP contribution in [0.4, 0.5) is 5.69 Å². The molecular formula is C19H20N2O3. The minimum absolute atomic E-state index is 0.0510. The van der Waals surface area contributed by atoms with Crippen molar-refractivity contribution in [2.45, 2.75) is 12.5 Å². The summed E-state index contributed by atoms with van der Waals surface area (Å²) in [6.45, 7) is 0.509. The van der Waals surface area contributed by atoms with Gasteiger partial charge in [0.2, 0.25) is 11.8 Å². The Labute approximate surface area is 140 Å². The van der Waals surface area contributed by atoms with Gasteiger partial charge >= 0.3 is 0 Å². The molecule has 0 aliphatic carbocycles. The smallest absolute Gasteiger partial charge is 0.227 e. The van der Waals surface area contributed by atoms with Gasteiger partial charge in [-0.15, -0.1) is 0 Å². The largest absolute Gasteiger partial charge is 0.387 e. The molecule has 1 aliphatic rings. The molecule has 0 saturated carbocycles. The SMILES string of the molecule is O=C(NC[C@H](O)c1ccccc1)[C@@H]1CC(=O)N(c2ccccc2)C1. The van der Waals surface area contributed by atoms with Gasteiger partial charge in [-0.3, -0.25) is 9.59 Å². The summed E-state index contributed by atoms with van der Waals surface area (Å²) in [6.07, 6.45) is -0.556. The van der Waals surface area contributed by atoms with Crippen molar-refractivity contribution < 1.29 is 14.7 Å². The first-order valence-electron chi connectivity index (χ1n) is 8.01. The van der Waals surface area contributed by atoms with Crippen molar-refractivity contribution in [3.63, 3.8) is 0 Å². The molecule has 1 fully saturated rings. The summed E-state index contributed by atoms with van der Waals surface area (Å²) in [6, 6.07) is 18.5. The molecule has 1 saturated heterocycles. The Morgan fingerprint density at radius 2 is 1.75 bits per heavy atom. The number of rotatable bonds is 5. The minimum atomic E-state index is -0.752. The first-order valence-corrected chi connectivity index (χ1v) is 8.01. The standard InChI is InChI=1S/C19H20N2O3/c22-17(14-7-3-1-4-8-14)12-20-19(24)15-11-18(23)21(13-15)16-9-5-2-6-10-16/h1-10,15,17,22H,11-13H2,(H,20,24)/t15-,17+/m1/s1. The Kier molecular flexibility index (Phi) is 4.91. The zero-order valence-electron chi connectivity index (χ0n) is 13.3. The van der Waals surface area contributed by atoms with Crippen LogP contribution < -0.4 is 10.2 Å². The second-order valence-corrected chi connectivity index (χ2v) is 5.91. The highest BCUT2D eigenvalue weighted by atomic mass is 16.3. The summed E-state index contributed by atoms with van der Waals surface area (Å²) in [5.74, 6) is -0.637. The molecule has 3 rings (SSSR count). The summed E-state index contributed by atoms with van der Waals surface area (Å²) < 4.78 is 0. The van der Waals surface area contributed by atoms with Crippen LogP contribution in [-0.4, -0.2) is 30.0 Å². The molecule has 2 N–H and O–H groups in total. The number of benzene rings is 2. The number of hydrogen-bond donors (Lipinski definition) is 2. The van der Waals surface area contributed by atoms with Crippen LogP contribution in [0.3, 0.4) is 0 Å². The first-order chi connectivity index (χ1) is 11.6. The Morgan fingerprint density at radius 3 is 2.42 bits per heavy atom. The van der Waals surface area contributed by atoms with E-state index in [0.717, 1.165) is 11.3 Å². The molecule has 0 bridgehead atoms. The van der Waals surface area contributed by atoms with Crippen molar-refractivity contribution >= 4 is 17.5 Å². The number of para-hydroxylation sites is 1. The molecule has 0 spiro atoms. The van der Waals surface area contributed by atoms with Gasteiger partial charge in [0.15, 0.2) is 0 Å². The number of amides is 2. The van der Waals surface area contributed by atoms with Crippen molar-refractivity contribution in [1.29, 1.82) is 0 Å². The summed E-state index contributed by atoms with van der Waals surface area (Å²) in [4.78, 5) is 26.1. The van der Waals surface area contributed by atoms with Gasteiger partial charge in [0.05, 0.1) is 12.0 Å². The second-order valence-electron chi connectivity index (χ2n) is 5.91. The molecule has 0 unspecified atom stereocenters. The lowest BCUT2D eigenvalue weighted by atomic mass is 10.1. The molecule has 5 nitrogen and oxygen atoms in total. The van der Waals surface area contributed by atoms with Gasteiger partial charge in [-0.2, -0.15) is 0 Å². The molecule has 0 radical (unpaired) electrons. The Morgan fingerprint density at radius 1 is 1.12 bits per heavy atom. The average molecular weight is 324 g/mol. The third-order valence-corrected chi connectivity index (χ3v) is 4.22. The highest BCUT2D eigenvalue weighted by Gasteiger charge is 2.35. The summed E-state index contributed by atoms with van der Waals surface area (Å²) in [7, 11) is 0. The Balaban J connectivity index is 1.56. The summed E-state index contributed by atoms with van der Waals surface area (Å²) in [5.41, 5.74) is 1.56. The number of hydrogen-bond acceptors (Lipinski definition) is 3. The van der Waals surface area contributed by atoms with Crippen molar-refractivity contribution in [3.8, 4) is 0 Å². The highest BCUT2D eigenvalue weighted by Crippen LogP contribution is 2.25. The molecule has 2 aromatic carbocycles. The van der Waals surface area contributed by atoms with Crippen LogP contribution >= 0.6 is 0 Å². The lowest BCUT2D eigenvalue weighted by molar-refractivity contribution is -0.126. The maximum absolute atomic E-state index is 12.3. The predicted molar refractivity (Wildman–Crippen MR) is 91.3 cm³/mol. The van der Waals surface area contributed by atoms with E-state index >= 15 is 0 Å². The monoisotopic (exact) mass is 324 g/mol. The summed E-state index contributed by atoms with van der Waals surface area (Å²) in [5, 5.41) is 12.8. The van der Waals surface area contributed by atoms with E-state index < -0.39 is 6.10 Å². The van der Waals surface area contributed by atoms with E-state index in [4.69, 9.17) is 0 Å². The van der Waals surface area contributed by atoms with E-state index in [2.05, 4.69) is 5.32 Å². The molecule has 2 atom stereocenters. The van der Waals surface area contributed by atoms with Gasteiger partial charge in [0, 0.05) is 25.2 Å². The number of carbonyl (C=O) groups excluding carboxylic acids is 2. The maximum atomic E-state index is 12.3. The third kappa shape index (κ3) is 3.63. The van der Waals surface area contributed by atoms with Crippen LogP contribution in [0.25, 0.3) is 0 Å². The lowest BCUT2D eigenvalue weighted by Gasteiger charge is -2.17. The fourth-order valence-electron chi connectivity index (χ4n) is 2.88. The predicted octanol–water partition coefficient (Wildman–Crippen LogP) is 1.89. The van der Waals surface area contributed by atoms with Gasteiger partial charge in [-0.1, -0.05) is 48.5 Å². The van der Waals surface area contributed by atoms with Crippen molar-refractivity contribution in [1.82, 2.24) is 5.32 Å². The van der Waals surface area contributed by atoms with E-state index in [1.165, 1.54) is 0 Å². The molecule has 2 aromatic rings. The van der Waals surface area contributed by atoms with Gasteiger partial charge in [0.1, 0.15) is 0 Å². The van der Waals surface area contributed by atoms with E-state index in [1.54, 1.807) is 4.90 Å². The Bertz CT molecular complexity index is 703. The Hall–Kier alpha value is -2.66. The topological polar surface area (TPSA) is 69.6 Å². The van der Waals surface area contributed by atoms with Crippen LogP contribution in [0.2, 0.25) is 0 Å². The first kappa shape index (κ1) is 16.2. The van der Waals surface area contributed by atoms with E-state index in [1.807, 2.05) is 60.7 Å². The molecule has 5 heteroatoms. The fraction of sp³-hybridized carbons (Fsp3) is 0.263. The number of aliphatic hydroxyl groups excluding tert-OH is 1. The summed E-state index contributed by atoms with van der Waals surface area (Å²) >= 11 is 0. The molecule has 124 valence electrons. The van der Waals surface area contributed by atoms with Crippen molar-refractivity contribution in [3.05, 3.63) is 66.2 Å². The number of carbonyl (C=O) groups is 2. The van der Waals surface area contributed by atoms with E-state index in [-0.39, 0.29) is 30.7 Å². The van der Waals surface area contributed by atoms with Crippen LogP contribution in [0.15, 0.2) is 60.7 Å². The van der Waals surface area contributed by atoms with Crippen LogP contribution in [0.1, 0.15) is 18.1 Å². The minimum Gasteiger partial charge on any atom is -0.387 e. The molecule has 0 aromatic heterocycles. The van der Waals surface area contributed by atoms with E-state index in [9.17, 15) is 14.7 Å². The highest BCUT2D eigenvalue weighted by molar-refractivity contribution is 6.00. The zero-order valence-corrected chi connectivity index (χ0v) is 13.3. The normalized spacial score (nSPS) is 18.5. The van der Waals surface area contributed by atoms with E-state index in [0.29, 0.717) is 6.54 Å². The molecule has 1 heterocycles. The van der Waals surface area contributed by atoms with Gasteiger partial charge in [-0.25, -0.2) is 0 Å². The zero-order chi connectivity index (χ0) is 16.9.